The van der Waals surface area contributed by atoms with E-state index in [0.29, 0.717) is 19.5 Å². The van der Waals surface area contributed by atoms with Crippen LogP contribution in [0.4, 0.5) is 0 Å². The van der Waals surface area contributed by atoms with Gasteiger partial charge in [0.05, 0.1) is 11.8 Å². The van der Waals surface area contributed by atoms with Crippen LogP contribution in [0.1, 0.15) is 24.8 Å². The van der Waals surface area contributed by atoms with Crippen molar-refractivity contribution in [1.82, 2.24) is 15.5 Å². The molecule has 4 unspecified atom stereocenters. The fraction of sp³-hybridized carbons (Fsp3) is 0.522. The fourth-order valence-corrected chi connectivity index (χ4v) is 5.01. The summed E-state index contributed by atoms with van der Waals surface area (Å²) >= 11 is 0. The van der Waals surface area contributed by atoms with Gasteiger partial charge < -0.3 is 15.7 Å². The molecule has 4 rings (SSSR count). The molecule has 2 aliphatic carbocycles. The smallest absolute Gasteiger partial charge is 0.233 e. The van der Waals surface area contributed by atoms with E-state index in [9.17, 15) is 14.7 Å². The maximum atomic E-state index is 12.7. The number of carbonyl (C=O) groups excluding carboxylic acids is 2. The molecule has 4 atom stereocenters. The van der Waals surface area contributed by atoms with Crippen molar-refractivity contribution in [1.29, 1.82) is 0 Å². The largest absolute Gasteiger partial charge is 0.508 e. The first-order valence-corrected chi connectivity index (χ1v) is 10.8. The average Bonchev–Trinajstić information content (AvgIpc) is 3.43. The number of phenolic OH excluding ortho intramolecular Hbond substituents is 1. The predicted octanol–water partition coefficient (Wildman–Crippen LogP) is 1.69. The molecule has 1 heterocycles. The molecule has 0 spiro atoms. The summed E-state index contributed by atoms with van der Waals surface area (Å²) in [4.78, 5) is 31.1. The molecule has 30 heavy (non-hydrogen) atoms. The molecule has 7 heteroatoms. The third-order valence-electron chi connectivity index (χ3n) is 6.51. The number of aromatic hydroxyl groups is 1. The summed E-state index contributed by atoms with van der Waals surface area (Å²) in [6, 6.07) is 7.26. The summed E-state index contributed by atoms with van der Waals surface area (Å²) in [7, 11) is 1.73. The van der Waals surface area contributed by atoms with Crippen LogP contribution in [0, 0.1) is 23.7 Å². The molecule has 7 nitrogen and oxygen atoms in total. The first kappa shape index (κ1) is 20.4. The molecule has 1 aromatic rings. The van der Waals surface area contributed by atoms with Crippen molar-refractivity contribution in [3.8, 4) is 5.75 Å². The van der Waals surface area contributed by atoms with Crippen LogP contribution in [0.5, 0.6) is 5.75 Å². The number of hydrogen-bond donors (Lipinski definition) is 3. The van der Waals surface area contributed by atoms with E-state index in [2.05, 4.69) is 27.8 Å². The molecule has 160 valence electrons. The number of benzene rings is 1. The van der Waals surface area contributed by atoms with Gasteiger partial charge in [0.1, 0.15) is 5.75 Å². The summed E-state index contributed by atoms with van der Waals surface area (Å²) in [5, 5.41) is 15.9. The molecule has 1 aliphatic heterocycles. The molecular weight excluding hydrogens is 380 g/mol. The number of guanidine groups is 1. The SMILES string of the molecule is CN=C(NCCCc1ccc(O)cc1)NCCCN1C(=O)C2C3C=CC(C3)C2C1=O. The van der Waals surface area contributed by atoms with E-state index in [0.717, 1.165) is 31.8 Å². The zero-order valence-electron chi connectivity index (χ0n) is 17.4. The van der Waals surface area contributed by atoms with Crippen LogP contribution >= 0.6 is 0 Å². The number of imide groups is 1. The van der Waals surface area contributed by atoms with Gasteiger partial charge in [0.25, 0.3) is 0 Å². The number of likely N-dealkylation sites (tertiary alicyclic amines) is 1. The van der Waals surface area contributed by atoms with Crippen molar-refractivity contribution < 1.29 is 14.7 Å². The summed E-state index contributed by atoms with van der Waals surface area (Å²) in [6.07, 6.45) is 7.79. The standard InChI is InChI=1S/C23H30N4O3/c1-24-23(25-11-2-4-15-5-9-18(28)10-6-15)26-12-3-13-27-21(29)19-16-7-8-17(14-16)20(19)22(27)30/h5-10,16-17,19-20,28H,2-4,11-14H2,1H3,(H2,24,25,26). The zero-order chi connectivity index (χ0) is 21.1. The summed E-state index contributed by atoms with van der Waals surface area (Å²) in [5.41, 5.74) is 1.19. The maximum Gasteiger partial charge on any atom is 0.233 e. The average molecular weight is 411 g/mol. The topological polar surface area (TPSA) is 94.0 Å². The van der Waals surface area contributed by atoms with Crippen molar-refractivity contribution in [2.75, 3.05) is 26.7 Å². The van der Waals surface area contributed by atoms with Gasteiger partial charge >= 0.3 is 0 Å². The third-order valence-corrected chi connectivity index (χ3v) is 6.51. The van der Waals surface area contributed by atoms with Gasteiger partial charge in [-0.25, -0.2) is 0 Å². The molecular formula is C23H30N4O3. The van der Waals surface area contributed by atoms with Gasteiger partial charge in [-0.05, 0) is 55.2 Å². The Hall–Kier alpha value is -2.83. The number of nitrogens with one attached hydrogen (secondary N) is 2. The molecule has 3 N–H and O–H groups in total. The predicted molar refractivity (Wildman–Crippen MR) is 115 cm³/mol. The molecule has 0 radical (unpaired) electrons. The van der Waals surface area contributed by atoms with Crippen molar-refractivity contribution in [3.63, 3.8) is 0 Å². The Morgan fingerprint density at radius 3 is 2.23 bits per heavy atom. The van der Waals surface area contributed by atoms with Crippen LogP contribution in [-0.2, 0) is 16.0 Å². The molecule has 2 amide bonds. The van der Waals surface area contributed by atoms with Crippen LogP contribution in [0.3, 0.4) is 0 Å². The number of allylic oxidation sites excluding steroid dienone is 2. The number of phenols is 1. The molecule has 0 aromatic heterocycles. The number of hydrogen-bond acceptors (Lipinski definition) is 4. The van der Waals surface area contributed by atoms with Gasteiger partial charge in [-0.2, -0.15) is 0 Å². The van der Waals surface area contributed by atoms with Gasteiger partial charge in [-0.15, -0.1) is 0 Å². The monoisotopic (exact) mass is 410 g/mol. The normalized spacial score (nSPS) is 27.1. The Labute approximate surface area is 177 Å². The molecule has 1 saturated carbocycles. The fourth-order valence-electron chi connectivity index (χ4n) is 5.01. The number of aryl methyl sites for hydroxylation is 1. The summed E-state index contributed by atoms with van der Waals surface area (Å²) in [5.74, 6) is 1.38. The molecule has 2 fully saturated rings. The molecule has 1 saturated heterocycles. The first-order valence-electron chi connectivity index (χ1n) is 10.8. The van der Waals surface area contributed by atoms with E-state index < -0.39 is 0 Å². The van der Waals surface area contributed by atoms with Crippen LogP contribution in [-0.4, -0.2) is 54.5 Å². The van der Waals surface area contributed by atoms with Gasteiger partial charge in [-0.1, -0.05) is 24.3 Å². The minimum atomic E-state index is -0.108. The number of fused-ring (bicyclic) bond motifs is 5. The lowest BCUT2D eigenvalue weighted by Gasteiger charge is -2.18. The number of nitrogens with zero attached hydrogens (tertiary/aromatic N) is 2. The second-order valence-corrected chi connectivity index (χ2v) is 8.38. The van der Waals surface area contributed by atoms with Crippen molar-refractivity contribution in [2.45, 2.75) is 25.7 Å². The summed E-state index contributed by atoms with van der Waals surface area (Å²) in [6.45, 7) is 1.90. The Bertz CT molecular complexity index is 819. The zero-order valence-corrected chi connectivity index (χ0v) is 17.4. The van der Waals surface area contributed by atoms with Crippen LogP contribution in [0.2, 0.25) is 0 Å². The minimum absolute atomic E-state index is 0.0265. The van der Waals surface area contributed by atoms with Gasteiger partial charge in [0.15, 0.2) is 5.96 Å². The lowest BCUT2D eigenvalue weighted by molar-refractivity contribution is -0.140. The lowest BCUT2D eigenvalue weighted by atomic mass is 9.85. The van der Waals surface area contributed by atoms with Gasteiger partial charge in [0.2, 0.25) is 11.8 Å². The quantitative estimate of drug-likeness (QED) is 0.199. The van der Waals surface area contributed by atoms with Crippen molar-refractivity contribution >= 4 is 17.8 Å². The molecule has 2 bridgehead atoms. The lowest BCUT2D eigenvalue weighted by Crippen LogP contribution is -2.40. The van der Waals surface area contributed by atoms with Crippen molar-refractivity contribution in [3.05, 3.63) is 42.0 Å². The first-order chi connectivity index (χ1) is 14.6. The maximum absolute atomic E-state index is 12.7. The van der Waals surface area contributed by atoms with E-state index >= 15 is 0 Å². The van der Waals surface area contributed by atoms with E-state index in [-0.39, 0.29) is 41.2 Å². The Morgan fingerprint density at radius 1 is 1.03 bits per heavy atom. The van der Waals surface area contributed by atoms with Gasteiger partial charge in [0, 0.05) is 26.7 Å². The van der Waals surface area contributed by atoms with Crippen LogP contribution in [0.15, 0.2) is 41.4 Å². The van der Waals surface area contributed by atoms with E-state index in [1.54, 1.807) is 19.2 Å². The highest BCUT2D eigenvalue weighted by molar-refractivity contribution is 6.06. The number of amides is 2. The second kappa shape index (κ2) is 8.90. The van der Waals surface area contributed by atoms with Crippen LogP contribution < -0.4 is 10.6 Å². The Kier molecular flexibility index (Phi) is 6.06. The van der Waals surface area contributed by atoms with E-state index in [1.165, 1.54) is 10.5 Å². The van der Waals surface area contributed by atoms with Crippen LogP contribution in [0.25, 0.3) is 0 Å². The Morgan fingerprint density at radius 2 is 1.63 bits per heavy atom. The van der Waals surface area contributed by atoms with Gasteiger partial charge in [-0.3, -0.25) is 19.5 Å². The number of carbonyl (C=O) groups is 2. The Balaban J connectivity index is 1.14. The highest BCUT2D eigenvalue weighted by atomic mass is 16.3. The number of rotatable bonds is 8. The second-order valence-electron chi connectivity index (χ2n) is 8.38. The van der Waals surface area contributed by atoms with Crippen molar-refractivity contribution in [2.24, 2.45) is 28.7 Å². The summed E-state index contributed by atoms with van der Waals surface area (Å²) < 4.78 is 0. The number of aliphatic imine (C=N–C) groups is 1. The highest BCUT2D eigenvalue weighted by Crippen LogP contribution is 2.52. The van der Waals surface area contributed by atoms with E-state index in [4.69, 9.17) is 0 Å². The highest BCUT2D eigenvalue weighted by Gasteiger charge is 2.58. The minimum Gasteiger partial charge on any atom is -0.508 e. The molecule has 3 aliphatic rings. The van der Waals surface area contributed by atoms with E-state index in [1.807, 2.05) is 12.1 Å². The third kappa shape index (κ3) is 4.06. The molecule has 1 aromatic carbocycles.